The Labute approximate surface area is 113 Å². The van der Waals surface area contributed by atoms with E-state index in [-0.39, 0.29) is 30.5 Å². The van der Waals surface area contributed by atoms with Gasteiger partial charge < -0.3 is 25.7 Å². The first-order valence-corrected chi connectivity index (χ1v) is 6.55. The fourth-order valence-corrected chi connectivity index (χ4v) is 2.19. The molecule has 1 amide bonds. The standard InChI is InChI=1S/C12H23N3O4/c1-3-4-10(11(13)14-18)12(17)15-5-9(6-16)19-7-8(15)2/h8-10,16,18H,3-7H2,1-2H3,(H2,13,14). The van der Waals surface area contributed by atoms with Gasteiger partial charge in [-0.15, -0.1) is 0 Å². The second-order valence-corrected chi connectivity index (χ2v) is 4.84. The van der Waals surface area contributed by atoms with Crippen molar-refractivity contribution >= 4 is 11.7 Å². The number of amidine groups is 1. The number of rotatable bonds is 5. The normalized spacial score (nSPS) is 26.3. The number of aliphatic hydroxyl groups excluding tert-OH is 1. The van der Waals surface area contributed by atoms with E-state index in [0.717, 1.165) is 6.42 Å². The quantitative estimate of drug-likeness (QED) is 0.277. The molecule has 3 atom stereocenters. The Hall–Kier alpha value is -1.34. The SMILES string of the molecule is CCCC(C(=O)N1CC(CO)OCC1C)C(N)=NO. The number of carbonyl (C=O) groups is 1. The summed E-state index contributed by atoms with van der Waals surface area (Å²) in [7, 11) is 0. The number of carbonyl (C=O) groups excluding carboxylic acids is 1. The molecule has 0 aromatic carbocycles. The molecule has 4 N–H and O–H groups in total. The molecule has 1 aliphatic rings. The Kier molecular flexibility index (Phi) is 6.04. The zero-order valence-electron chi connectivity index (χ0n) is 11.5. The second-order valence-electron chi connectivity index (χ2n) is 4.84. The van der Waals surface area contributed by atoms with Gasteiger partial charge in [0.05, 0.1) is 31.3 Å². The summed E-state index contributed by atoms with van der Waals surface area (Å²) in [4.78, 5) is 14.1. The fraction of sp³-hybridized carbons (Fsp3) is 0.833. The lowest BCUT2D eigenvalue weighted by atomic mass is 9.99. The molecule has 1 aliphatic heterocycles. The van der Waals surface area contributed by atoms with Crippen molar-refractivity contribution in [3.8, 4) is 0 Å². The van der Waals surface area contributed by atoms with Crippen LogP contribution in [0.15, 0.2) is 5.16 Å². The average molecular weight is 273 g/mol. The average Bonchev–Trinajstić information content (AvgIpc) is 2.43. The van der Waals surface area contributed by atoms with Crippen LogP contribution in [0.2, 0.25) is 0 Å². The largest absolute Gasteiger partial charge is 0.409 e. The summed E-state index contributed by atoms with van der Waals surface area (Å²) in [6.07, 6.45) is 0.923. The number of aliphatic hydroxyl groups is 1. The molecule has 0 aliphatic carbocycles. The summed E-state index contributed by atoms with van der Waals surface area (Å²) >= 11 is 0. The number of nitrogens with two attached hydrogens (primary N) is 1. The van der Waals surface area contributed by atoms with Gasteiger partial charge in [-0.05, 0) is 13.3 Å². The Morgan fingerprint density at radius 2 is 2.32 bits per heavy atom. The van der Waals surface area contributed by atoms with Crippen molar-refractivity contribution in [3.05, 3.63) is 0 Å². The molecule has 1 fully saturated rings. The van der Waals surface area contributed by atoms with Crippen molar-refractivity contribution < 1.29 is 19.8 Å². The maximum Gasteiger partial charge on any atom is 0.233 e. The van der Waals surface area contributed by atoms with Crippen LogP contribution < -0.4 is 5.73 Å². The van der Waals surface area contributed by atoms with Crippen LogP contribution in [-0.2, 0) is 9.53 Å². The summed E-state index contributed by atoms with van der Waals surface area (Å²) in [6.45, 7) is 4.39. The summed E-state index contributed by atoms with van der Waals surface area (Å²) in [5, 5.41) is 20.8. The third-order valence-corrected chi connectivity index (χ3v) is 3.34. The molecule has 7 heteroatoms. The van der Waals surface area contributed by atoms with Gasteiger partial charge in [-0.3, -0.25) is 4.79 Å². The first-order chi connectivity index (χ1) is 9.04. The van der Waals surface area contributed by atoms with E-state index in [9.17, 15) is 4.79 Å². The molecule has 0 saturated carbocycles. The molecule has 1 heterocycles. The van der Waals surface area contributed by atoms with Crippen molar-refractivity contribution in [3.63, 3.8) is 0 Å². The van der Waals surface area contributed by atoms with Gasteiger partial charge >= 0.3 is 0 Å². The van der Waals surface area contributed by atoms with E-state index in [1.54, 1.807) is 4.90 Å². The predicted molar refractivity (Wildman–Crippen MR) is 69.8 cm³/mol. The molecule has 0 spiro atoms. The van der Waals surface area contributed by atoms with Crippen molar-refractivity contribution in [2.24, 2.45) is 16.8 Å². The molecular formula is C12H23N3O4. The van der Waals surface area contributed by atoms with E-state index in [2.05, 4.69) is 5.16 Å². The third-order valence-electron chi connectivity index (χ3n) is 3.34. The van der Waals surface area contributed by atoms with E-state index in [0.29, 0.717) is 19.6 Å². The van der Waals surface area contributed by atoms with Gasteiger partial charge in [-0.1, -0.05) is 18.5 Å². The third kappa shape index (κ3) is 3.81. The lowest BCUT2D eigenvalue weighted by Gasteiger charge is -2.39. The van der Waals surface area contributed by atoms with Crippen LogP contribution in [0.4, 0.5) is 0 Å². The molecular weight excluding hydrogens is 250 g/mol. The zero-order chi connectivity index (χ0) is 14.4. The van der Waals surface area contributed by atoms with Gasteiger partial charge in [0, 0.05) is 6.54 Å². The minimum atomic E-state index is -0.616. The highest BCUT2D eigenvalue weighted by molar-refractivity contribution is 6.02. The first-order valence-electron chi connectivity index (χ1n) is 6.55. The maximum atomic E-state index is 12.5. The van der Waals surface area contributed by atoms with Crippen LogP contribution in [0.1, 0.15) is 26.7 Å². The number of hydrogen-bond acceptors (Lipinski definition) is 5. The van der Waals surface area contributed by atoms with Crippen LogP contribution in [0.3, 0.4) is 0 Å². The molecule has 0 aromatic rings. The molecule has 3 unspecified atom stereocenters. The molecule has 0 bridgehead atoms. The van der Waals surface area contributed by atoms with Crippen molar-refractivity contribution in [1.29, 1.82) is 0 Å². The van der Waals surface area contributed by atoms with Crippen molar-refractivity contribution in [1.82, 2.24) is 4.90 Å². The zero-order valence-corrected chi connectivity index (χ0v) is 11.5. The van der Waals surface area contributed by atoms with E-state index >= 15 is 0 Å². The van der Waals surface area contributed by atoms with Gasteiger partial charge in [0.25, 0.3) is 0 Å². The molecule has 0 aromatic heterocycles. The molecule has 1 rings (SSSR count). The Balaban J connectivity index is 2.82. The van der Waals surface area contributed by atoms with E-state index in [1.807, 2.05) is 13.8 Å². The Morgan fingerprint density at radius 1 is 1.63 bits per heavy atom. The van der Waals surface area contributed by atoms with Crippen LogP contribution in [-0.4, -0.2) is 58.9 Å². The van der Waals surface area contributed by atoms with Gasteiger partial charge in [0.2, 0.25) is 5.91 Å². The number of oxime groups is 1. The van der Waals surface area contributed by atoms with E-state index < -0.39 is 5.92 Å². The van der Waals surface area contributed by atoms with Gasteiger partial charge in [-0.2, -0.15) is 0 Å². The topological polar surface area (TPSA) is 108 Å². The molecule has 7 nitrogen and oxygen atoms in total. The monoisotopic (exact) mass is 273 g/mol. The number of nitrogens with zero attached hydrogens (tertiary/aromatic N) is 2. The van der Waals surface area contributed by atoms with Gasteiger partial charge in [0.15, 0.2) is 5.84 Å². The van der Waals surface area contributed by atoms with Crippen molar-refractivity contribution in [2.75, 3.05) is 19.8 Å². The van der Waals surface area contributed by atoms with Crippen LogP contribution in [0.25, 0.3) is 0 Å². The number of morpholine rings is 1. The highest BCUT2D eigenvalue weighted by Gasteiger charge is 2.34. The Morgan fingerprint density at radius 3 is 2.84 bits per heavy atom. The van der Waals surface area contributed by atoms with Gasteiger partial charge in [0.1, 0.15) is 0 Å². The number of amides is 1. The van der Waals surface area contributed by atoms with E-state index in [4.69, 9.17) is 20.8 Å². The van der Waals surface area contributed by atoms with Crippen molar-refractivity contribution in [2.45, 2.75) is 38.8 Å². The highest BCUT2D eigenvalue weighted by Crippen LogP contribution is 2.18. The Bertz CT molecular complexity index is 335. The van der Waals surface area contributed by atoms with Crippen LogP contribution in [0.5, 0.6) is 0 Å². The molecule has 19 heavy (non-hydrogen) atoms. The van der Waals surface area contributed by atoms with Crippen LogP contribution in [0, 0.1) is 5.92 Å². The molecule has 110 valence electrons. The second kappa shape index (κ2) is 7.30. The van der Waals surface area contributed by atoms with Gasteiger partial charge in [-0.25, -0.2) is 0 Å². The number of hydrogen-bond donors (Lipinski definition) is 3. The number of ether oxygens (including phenoxy) is 1. The summed E-state index contributed by atoms with van der Waals surface area (Å²) in [5.41, 5.74) is 5.60. The maximum absolute atomic E-state index is 12.5. The summed E-state index contributed by atoms with van der Waals surface area (Å²) < 4.78 is 5.39. The smallest absolute Gasteiger partial charge is 0.233 e. The minimum Gasteiger partial charge on any atom is -0.409 e. The minimum absolute atomic E-state index is 0.0638. The van der Waals surface area contributed by atoms with E-state index in [1.165, 1.54) is 0 Å². The molecule has 0 radical (unpaired) electrons. The fourth-order valence-electron chi connectivity index (χ4n) is 2.19. The molecule has 1 saturated heterocycles. The predicted octanol–water partition coefficient (Wildman–Crippen LogP) is -0.243. The highest BCUT2D eigenvalue weighted by atomic mass is 16.5. The lowest BCUT2D eigenvalue weighted by molar-refractivity contribution is -0.148. The summed E-state index contributed by atoms with van der Waals surface area (Å²) in [5.74, 6) is -0.854. The lowest BCUT2D eigenvalue weighted by Crippen LogP contribution is -2.55. The first kappa shape index (κ1) is 15.7. The summed E-state index contributed by atoms with van der Waals surface area (Å²) in [6, 6.07) is -0.0823. The van der Waals surface area contributed by atoms with Crippen LogP contribution >= 0.6 is 0 Å².